The van der Waals surface area contributed by atoms with Crippen molar-refractivity contribution in [1.29, 1.82) is 0 Å². The normalized spacial score (nSPS) is 42.0. The number of hydrogen-bond donors (Lipinski definition) is 2. The average Bonchev–Trinajstić information content (AvgIpc) is 2.93. The summed E-state index contributed by atoms with van der Waals surface area (Å²) in [5.41, 5.74) is -2.65. The molecule has 0 aromatic heterocycles. The molecular weight excluding hydrogens is 316 g/mol. The van der Waals surface area contributed by atoms with E-state index in [1.54, 1.807) is 13.8 Å². The molecule has 7 nitrogen and oxygen atoms in total. The highest BCUT2D eigenvalue weighted by Gasteiger charge is 2.79. The molecule has 5 rings (SSSR count). The Morgan fingerprint density at radius 2 is 1.92 bits per heavy atom. The maximum absolute atomic E-state index is 12.9. The molecule has 2 fully saturated rings. The quantitative estimate of drug-likeness (QED) is 0.721. The number of ketones is 2. The Balaban J connectivity index is 1.69. The summed E-state index contributed by atoms with van der Waals surface area (Å²) in [6.07, 6.45) is -2.36. The van der Waals surface area contributed by atoms with E-state index in [-0.39, 0.29) is 28.2 Å². The van der Waals surface area contributed by atoms with Crippen molar-refractivity contribution in [3.05, 3.63) is 40.7 Å². The van der Waals surface area contributed by atoms with Crippen LogP contribution in [-0.4, -0.2) is 51.5 Å². The molecule has 7 heteroatoms. The second-order valence-electron chi connectivity index (χ2n) is 6.76. The van der Waals surface area contributed by atoms with Gasteiger partial charge >= 0.3 is 0 Å². The summed E-state index contributed by atoms with van der Waals surface area (Å²) >= 11 is 0. The number of benzene rings is 1. The first-order valence-corrected chi connectivity index (χ1v) is 7.68. The first-order chi connectivity index (χ1) is 11.3. The van der Waals surface area contributed by atoms with Gasteiger partial charge in [0.2, 0.25) is 5.78 Å². The summed E-state index contributed by atoms with van der Waals surface area (Å²) < 4.78 is 16.9. The van der Waals surface area contributed by atoms with Crippen molar-refractivity contribution < 1.29 is 34.0 Å². The summed E-state index contributed by atoms with van der Waals surface area (Å²) in [5, 5.41) is 20.9. The summed E-state index contributed by atoms with van der Waals surface area (Å²) in [6, 6.07) is 4.32. The number of fused-ring (bicyclic) bond motifs is 5. The van der Waals surface area contributed by atoms with Crippen molar-refractivity contribution in [1.82, 2.24) is 0 Å². The van der Waals surface area contributed by atoms with Crippen LogP contribution in [0.25, 0.3) is 0 Å². The molecule has 4 aliphatic rings. The van der Waals surface area contributed by atoms with Crippen molar-refractivity contribution in [3.8, 4) is 5.75 Å². The Hall–Kier alpha value is -2.22. The van der Waals surface area contributed by atoms with E-state index in [4.69, 9.17) is 14.2 Å². The predicted molar refractivity (Wildman–Crippen MR) is 77.4 cm³/mol. The van der Waals surface area contributed by atoms with Crippen LogP contribution in [0.4, 0.5) is 0 Å². The lowest BCUT2D eigenvalue weighted by molar-refractivity contribution is -0.359. The van der Waals surface area contributed by atoms with Crippen LogP contribution in [0.5, 0.6) is 5.75 Å². The lowest BCUT2D eigenvalue weighted by Crippen LogP contribution is -2.71. The van der Waals surface area contributed by atoms with Gasteiger partial charge in [-0.1, -0.05) is 12.1 Å². The molecule has 0 spiro atoms. The van der Waals surface area contributed by atoms with E-state index in [2.05, 4.69) is 0 Å². The van der Waals surface area contributed by atoms with Crippen LogP contribution in [0.15, 0.2) is 29.5 Å². The highest BCUT2D eigenvalue weighted by Crippen LogP contribution is 2.59. The Morgan fingerprint density at radius 3 is 2.62 bits per heavy atom. The van der Waals surface area contributed by atoms with Gasteiger partial charge in [-0.25, -0.2) is 0 Å². The van der Waals surface area contributed by atoms with Crippen LogP contribution in [0.2, 0.25) is 0 Å². The number of allylic oxidation sites excluding steroid dienone is 1. The molecule has 3 heterocycles. The van der Waals surface area contributed by atoms with Gasteiger partial charge in [0.05, 0.1) is 17.2 Å². The van der Waals surface area contributed by atoms with Gasteiger partial charge in [0, 0.05) is 5.56 Å². The van der Waals surface area contributed by atoms with Crippen LogP contribution in [0, 0.1) is 0 Å². The molecule has 0 saturated carbocycles. The van der Waals surface area contributed by atoms with Gasteiger partial charge in [0.25, 0.3) is 0 Å². The van der Waals surface area contributed by atoms with Gasteiger partial charge in [-0.05, 0) is 19.9 Å². The number of phenols is 1. The van der Waals surface area contributed by atoms with E-state index in [0.29, 0.717) is 0 Å². The molecule has 1 aliphatic carbocycles. The number of Topliss-reactive ketones (excluding diaryl/α,β-unsaturated/α-hetero) is 2. The largest absolute Gasteiger partial charge is 0.507 e. The third-order valence-electron chi connectivity index (χ3n) is 5.65. The molecule has 3 aliphatic heterocycles. The van der Waals surface area contributed by atoms with Crippen LogP contribution < -0.4 is 0 Å². The maximum Gasteiger partial charge on any atom is 0.232 e. The summed E-state index contributed by atoms with van der Waals surface area (Å²) in [5.74, 6) is -1.46. The van der Waals surface area contributed by atoms with Crippen molar-refractivity contribution in [3.63, 3.8) is 0 Å². The number of phenolic OH excluding ortho intramolecular Hbond substituents is 1. The minimum absolute atomic E-state index is 0.0775. The fourth-order valence-corrected chi connectivity index (χ4v) is 4.23. The molecule has 124 valence electrons. The SMILES string of the molecule is CC1OC2OC3C4=C(OC3(C)C12O)C(=O)c1c(O)cccc1C4=O. The first kappa shape index (κ1) is 14.2. The monoisotopic (exact) mass is 330 g/mol. The number of ether oxygens (including phenoxy) is 3. The van der Waals surface area contributed by atoms with Crippen LogP contribution in [-0.2, 0) is 14.2 Å². The summed E-state index contributed by atoms with van der Waals surface area (Å²) in [6.45, 7) is 3.29. The van der Waals surface area contributed by atoms with Crippen molar-refractivity contribution in [2.75, 3.05) is 0 Å². The van der Waals surface area contributed by atoms with Gasteiger partial charge in [-0.15, -0.1) is 0 Å². The predicted octanol–water partition coefficient (Wildman–Crippen LogP) is 0.689. The van der Waals surface area contributed by atoms with Crippen molar-refractivity contribution >= 4 is 11.6 Å². The zero-order chi connectivity index (χ0) is 17.0. The molecule has 5 unspecified atom stereocenters. The number of rotatable bonds is 0. The maximum atomic E-state index is 12.9. The third-order valence-corrected chi connectivity index (χ3v) is 5.65. The number of aliphatic hydroxyl groups is 1. The molecule has 24 heavy (non-hydrogen) atoms. The molecule has 2 saturated heterocycles. The van der Waals surface area contributed by atoms with Gasteiger partial charge in [0.15, 0.2) is 29.0 Å². The Morgan fingerprint density at radius 1 is 1.17 bits per heavy atom. The standard InChI is InChI=1S/C17H14O7/c1-6-17(21)15(22-6)23-14-10-11(19)7-4-3-5-8(18)9(7)12(20)13(10)24-16(14,17)2/h3-6,14-15,18,21H,1-2H3. The highest BCUT2D eigenvalue weighted by molar-refractivity contribution is 6.28. The molecular formula is C17H14O7. The minimum atomic E-state index is -1.45. The Labute approximate surface area is 136 Å². The highest BCUT2D eigenvalue weighted by atomic mass is 16.8. The van der Waals surface area contributed by atoms with E-state index in [1.807, 2.05) is 0 Å². The molecule has 0 amide bonds. The average molecular weight is 330 g/mol. The summed E-state index contributed by atoms with van der Waals surface area (Å²) in [4.78, 5) is 25.7. The second kappa shape index (κ2) is 3.88. The molecule has 0 bridgehead atoms. The van der Waals surface area contributed by atoms with Crippen molar-refractivity contribution in [2.24, 2.45) is 0 Å². The lowest BCUT2D eigenvalue weighted by Gasteiger charge is -2.50. The van der Waals surface area contributed by atoms with Gasteiger partial charge < -0.3 is 24.4 Å². The van der Waals surface area contributed by atoms with Crippen molar-refractivity contribution in [2.45, 2.75) is 43.5 Å². The van der Waals surface area contributed by atoms with E-state index in [1.165, 1.54) is 18.2 Å². The number of aromatic hydroxyl groups is 1. The topological polar surface area (TPSA) is 102 Å². The van der Waals surface area contributed by atoms with Crippen LogP contribution in [0.3, 0.4) is 0 Å². The van der Waals surface area contributed by atoms with E-state index < -0.39 is 41.3 Å². The minimum Gasteiger partial charge on any atom is -0.507 e. The second-order valence-corrected chi connectivity index (χ2v) is 6.76. The number of carbonyl (C=O) groups is 2. The molecule has 1 aromatic rings. The lowest BCUT2D eigenvalue weighted by atomic mass is 9.73. The zero-order valence-corrected chi connectivity index (χ0v) is 12.9. The molecule has 0 radical (unpaired) electrons. The smallest absolute Gasteiger partial charge is 0.232 e. The molecule has 1 aromatic carbocycles. The molecule has 2 N–H and O–H groups in total. The Kier molecular flexibility index (Phi) is 2.29. The fourth-order valence-electron chi connectivity index (χ4n) is 4.23. The van der Waals surface area contributed by atoms with Gasteiger partial charge in [-0.3, -0.25) is 9.59 Å². The Bertz CT molecular complexity index is 872. The van der Waals surface area contributed by atoms with Crippen LogP contribution >= 0.6 is 0 Å². The van der Waals surface area contributed by atoms with E-state index in [9.17, 15) is 19.8 Å². The van der Waals surface area contributed by atoms with Gasteiger partial charge in [0.1, 0.15) is 11.9 Å². The summed E-state index contributed by atoms with van der Waals surface area (Å²) in [7, 11) is 0. The first-order valence-electron chi connectivity index (χ1n) is 7.68. The third kappa shape index (κ3) is 1.21. The van der Waals surface area contributed by atoms with E-state index >= 15 is 0 Å². The zero-order valence-electron chi connectivity index (χ0n) is 12.9. The molecule has 5 atom stereocenters. The van der Waals surface area contributed by atoms with E-state index in [0.717, 1.165) is 0 Å². The van der Waals surface area contributed by atoms with Gasteiger partial charge in [-0.2, -0.15) is 0 Å². The number of hydrogen-bond acceptors (Lipinski definition) is 7. The fraction of sp³-hybridized carbons (Fsp3) is 0.412. The van der Waals surface area contributed by atoms with Crippen LogP contribution in [0.1, 0.15) is 34.6 Å². The number of carbonyl (C=O) groups excluding carboxylic acids is 2.